The van der Waals surface area contributed by atoms with Gasteiger partial charge in [-0.1, -0.05) is 30.3 Å². The van der Waals surface area contributed by atoms with Crippen molar-refractivity contribution in [1.82, 2.24) is 24.7 Å². The molecule has 2 heterocycles. The number of nitrogens with zero attached hydrogens (tertiary/aromatic N) is 4. The van der Waals surface area contributed by atoms with Crippen LogP contribution in [0.3, 0.4) is 0 Å². The van der Waals surface area contributed by atoms with E-state index in [1.807, 2.05) is 30.3 Å². The lowest BCUT2D eigenvalue weighted by molar-refractivity contribution is 0.528. The van der Waals surface area contributed by atoms with Gasteiger partial charge in [0.05, 0.1) is 5.69 Å². The Morgan fingerprint density at radius 3 is 2.38 bits per heavy atom. The van der Waals surface area contributed by atoms with E-state index in [2.05, 4.69) is 35.8 Å². The molecule has 12 nitrogen and oxygen atoms in total. The van der Waals surface area contributed by atoms with E-state index in [4.69, 9.17) is 0 Å². The summed E-state index contributed by atoms with van der Waals surface area (Å²) < 4.78 is 52.4. The average molecular weight is 503 g/mol. The molecule has 4 N–H and O–H groups in total. The first-order chi connectivity index (χ1) is 16.2. The zero-order valence-corrected chi connectivity index (χ0v) is 19.9. The number of hydrogen-bond acceptors (Lipinski definition) is 9. The molecule has 0 amide bonds. The molecule has 0 saturated heterocycles. The Labute approximate surface area is 195 Å². The number of hydrogen-bond donors (Lipinski definition) is 4. The van der Waals surface area contributed by atoms with Crippen LogP contribution in [0.5, 0.6) is 0 Å². The van der Waals surface area contributed by atoms with Crippen LogP contribution in [0.1, 0.15) is 5.56 Å². The zero-order valence-electron chi connectivity index (χ0n) is 18.2. The molecule has 0 aliphatic heterocycles. The molecule has 0 bridgehead atoms. The topological polar surface area (TPSA) is 162 Å². The summed E-state index contributed by atoms with van der Waals surface area (Å²) in [6.45, 7) is 0.484. The van der Waals surface area contributed by atoms with Crippen LogP contribution in [-0.2, 0) is 24.7 Å². The largest absolute Gasteiger partial charge is 0.366 e. The maximum absolute atomic E-state index is 12.6. The predicted octanol–water partition coefficient (Wildman–Crippen LogP) is 2.26. The Bertz CT molecular complexity index is 1520. The number of H-pyrrole nitrogens is 1. The van der Waals surface area contributed by atoms with Crippen molar-refractivity contribution in [2.75, 3.05) is 29.5 Å². The lowest BCUT2D eigenvalue weighted by atomic mass is 10.2. The Kier molecular flexibility index (Phi) is 6.37. The molecule has 0 fully saturated rings. The van der Waals surface area contributed by atoms with Crippen LogP contribution in [0.15, 0.2) is 60.7 Å². The first-order valence-electron chi connectivity index (χ1n) is 9.97. The van der Waals surface area contributed by atoms with Gasteiger partial charge in [-0.25, -0.2) is 4.98 Å². The van der Waals surface area contributed by atoms with Crippen molar-refractivity contribution in [2.24, 2.45) is 0 Å². The number of fused-ring (bicyclic) bond motifs is 1. The summed E-state index contributed by atoms with van der Waals surface area (Å²) in [5, 5.41) is 16.7. The Morgan fingerprint density at radius 2 is 1.65 bits per heavy atom. The highest BCUT2D eigenvalue weighted by atomic mass is 33.2. The van der Waals surface area contributed by atoms with E-state index in [9.17, 15) is 16.8 Å². The Balaban J connectivity index is 1.67. The van der Waals surface area contributed by atoms with Crippen LogP contribution in [0, 0.1) is 0 Å². The van der Waals surface area contributed by atoms with Gasteiger partial charge in [0.2, 0.25) is 0 Å². The van der Waals surface area contributed by atoms with Gasteiger partial charge in [0.1, 0.15) is 16.9 Å². The third-order valence-corrected chi connectivity index (χ3v) is 9.48. The standard InChI is InChI=1S/C20H22N8O4S2/c1-28(2)34(31,32)33(29,30)26-17-10-11-19(21-13-14-6-4-3-5-7-14)23-20(17)22-15-8-9-16-18(12-15)25-27-24-16/h3-12,26H,13H2,1-2H3,(H2,21,22,23)(H,24,25,27). The zero-order chi connectivity index (χ0) is 24.3. The number of anilines is 4. The Hall–Kier alpha value is -3.75. The van der Waals surface area contributed by atoms with E-state index in [0.717, 1.165) is 19.7 Å². The fraction of sp³-hybridized carbons (Fsp3) is 0.150. The minimum absolute atomic E-state index is 0.0454. The van der Waals surface area contributed by atoms with Gasteiger partial charge in [-0.3, -0.25) is 4.72 Å². The quantitative estimate of drug-likeness (QED) is 0.251. The molecule has 4 rings (SSSR count). The van der Waals surface area contributed by atoms with Crippen molar-refractivity contribution in [3.8, 4) is 0 Å². The van der Waals surface area contributed by atoms with Gasteiger partial charge in [-0.15, -0.1) is 0 Å². The minimum Gasteiger partial charge on any atom is -0.366 e. The lowest BCUT2D eigenvalue weighted by Gasteiger charge is -2.17. The molecule has 0 radical (unpaired) electrons. The van der Waals surface area contributed by atoms with E-state index in [-0.39, 0.29) is 11.5 Å². The summed E-state index contributed by atoms with van der Waals surface area (Å²) in [5.74, 6) is 0.547. The number of nitrogens with one attached hydrogen (secondary N) is 4. The van der Waals surface area contributed by atoms with Crippen molar-refractivity contribution >= 4 is 52.2 Å². The van der Waals surface area contributed by atoms with Crippen LogP contribution in [-0.4, -0.2) is 55.6 Å². The van der Waals surface area contributed by atoms with Gasteiger partial charge in [0.25, 0.3) is 0 Å². The first-order valence-corrected chi connectivity index (χ1v) is 13.4. The van der Waals surface area contributed by atoms with Crippen LogP contribution in [0.2, 0.25) is 0 Å². The smallest absolute Gasteiger partial charge is 0.353 e. The van der Waals surface area contributed by atoms with Gasteiger partial charge in [-0.2, -0.15) is 36.6 Å². The second kappa shape index (κ2) is 9.24. The van der Waals surface area contributed by atoms with Crippen LogP contribution >= 0.6 is 0 Å². The van der Waals surface area contributed by atoms with Crippen molar-refractivity contribution in [1.29, 1.82) is 0 Å². The highest BCUT2D eigenvalue weighted by Gasteiger charge is 2.33. The van der Waals surface area contributed by atoms with Crippen LogP contribution in [0.25, 0.3) is 11.0 Å². The second-order valence-corrected chi connectivity index (χ2v) is 12.7. The summed E-state index contributed by atoms with van der Waals surface area (Å²) >= 11 is 0. The average Bonchev–Trinajstić information content (AvgIpc) is 3.27. The van der Waals surface area contributed by atoms with Crippen molar-refractivity contribution in [3.05, 3.63) is 66.2 Å². The lowest BCUT2D eigenvalue weighted by Crippen LogP contribution is -2.34. The molecule has 0 spiro atoms. The molecule has 0 aliphatic rings. The summed E-state index contributed by atoms with van der Waals surface area (Å²) in [6.07, 6.45) is 0. The van der Waals surface area contributed by atoms with Crippen molar-refractivity contribution in [3.63, 3.8) is 0 Å². The van der Waals surface area contributed by atoms with Gasteiger partial charge in [0.15, 0.2) is 5.82 Å². The van der Waals surface area contributed by atoms with Gasteiger partial charge < -0.3 is 10.6 Å². The SMILES string of the molecule is CN(C)S(=O)(=O)S(=O)(=O)Nc1ccc(NCc2ccccc2)nc1Nc1ccc2n[nH]nc2c1. The van der Waals surface area contributed by atoms with Crippen LogP contribution in [0.4, 0.5) is 23.0 Å². The molecule has 0 aliphatic carbocycles. The van der Waals surface area contributed by atoms with E-state index in [1.165, 1.54) is 6.07 Å². The molecule has 0 saturated carbocycles. The fourth-order valence-corrected chi connectivity index (χ4v) is 5.66. The molecular weight excluding hydrogens is 480 g/mol. The predicted molar refractivity (Wildman–Crippen MR) is 130 cm³/mol. The highest BCUT2D eigenvalue weighted by molar-refractivity contribution is 8.66. The maximum Gasteiger partial charge on any atom is 0.353 e. The van der Waals surface area contributed by atoms with Gasteiger partial charge >= 0.3 is 18.1 Å². The molecule has 0 atom stereocenters. The summed E-state index contributed by atoms with van der Waals surface area (Å²) in [7, 11) is -7.17. The fourth-order valence-electron chi connectivity index (χ4n) is 2.96. The van der Waals surface area contributed by atoms with Gasteiger partial charge in [0, 0.05) is 26.3 Å². The first kappa shape index (κ1) is 23.4. The number of aromatic amines is 1. The molecule has 2 aromatic carbocycles. The number of pyridine rings is 1. The van der Waals surface area contributed by atoms with Gasteiger partial charge in [-0.05, 0) is 35.9 Å². The minimum atomic E-state index is -4.80. The molecule has 14 heteroatoms. The molecule has 178 valence electrons. The molecule has 34 heavy (non-hydrogen) atoms. The number of rotatable bonds is 9. The maximum atomic E-state index is 12.6. The summed E-state index contributed by atoms with van der Waals surface area (Å²) in [4.78, 5) is 4.46. The van der Waals surface area contributed by atoms with E-state index in [1.54, 1.807) is 24.3 Å². The summed E-state index contributed by atoms with van der Waals surface area (Å²) in [6, 6.07) is 17.8. The molecule has 4 aromatic rings. The number of aromatic nitrogens is 4. The van der Waals surface area contributed by atoms with Crippen molar-refractivity contribution < 1.29 is 16.8 Å². The van der Waals surface area contributed by atoms with Crippen molar-refractivity contribution in [2.45, 2.75) is 6.54 Å². The van der Waals surface area contributed by atoms with E-state index >= 15 is 0 Å². The third kappa shape index (κ3) is 4.93. The second-order valence-electron chi connectivity index (χ2n) is 7.38. The summed E-state index contributed by atoms with van der Waals surface area (Å²) in [5.41, 5.74) is 2.76. The normalized spacial score (nSPS) is 12.1. The molecule has 0 unspecified atom stereocenters. The molecule has 2 aromatic heterocycles. The highest BCUT2D eigenvalue weighted by Crippen LogP contribution is 2.28. The van der Waals surface area contributed by atoms with E-state index in [0.29, 0.717) is 33.4 Å². The third-order valence-electron chi connectivity index (χ3n) is 4.75. The Morgan fingerprint density at radius 1 is 0.912 bits per heavy atom. The van der Waals surface area contributed by atoms with Crippen LogP contribution < -0.4 is 15.4 Å². The van der Waals surface area contributed by atoms with E-state index < -0.39 is 18.1 Å². The molecular formula is C20H22N8O4S2. The monoisotopic (exact) mass is 502 g/mol. The number of benzene rings is 2.